The SMILES string of the molecule is CC(C)NC(=O)C(CN)Cc1ccc(Cl)c2cccnc12. The van der Waals surface area contributed by atoms with Crippen molar-refractivity contribution in [2.24, 2.45) is 11.7 Å². The zero-order chi connectivity index (χ0) is 15.4. The van der Waals surface area contributed by atoms with Gasteiger partial charge >= 0.3 is 0 Å². The van der Waals surface area contributed by atoms with E-state index in [0.717, 1.165) is 16.5 Å². The molecule has 0 fully saturated rings. The lowest BCUT2D eigenvalue weighted by molar-refractivity contribution is -0.125. The minimum Gasteiger partial charge on any atom is -0.354 e. The lowest BCUT2D eigenvalue weighted by atomic mass is 9.96. The third kappa shape index (κ3) is 3.71. The van der Waals surface area contributed by atoms with Crippen molar-refractivity contribution >= 4 is 28.4 Å². The maximum atomic E-state index is 12.2. The van der Waals surface area contributed by atoms with Crippen molar-refractivity contribution in [3.05, 3.63) is 41.0 Å². The van der Waals surface area contributed by atoms with Crippen molar-refractivity contribution in [2.75, 3.05) is 6.54 Å². The molecule has 4 nitrogen and oxygen atoms in total. The Balaban J connectivity index is 2.30. The van der Waals surface area contributed by atoms with Gasteiger partial charge in [-0.2, -0.15) is 0 Å². The van der Waals surface area contributed by atoms with Crippen LogP contribution in [-0.2, 0) is 11.2 Å². The summed E-state index contributed by atoms with van der Waals surface area (Å²) in [5, 5.41) is 4.47. The van der Waals surface area contributed by atoms with E-state index in [1.54, 1.807) is 6.20 Å². The van der Waals surface area contributed by atoms with E-state index in [1.807, 2.05) is 38.1 Å². The Morgan fingerprint density at radius 1 is 1.38 bits per heavy atom. The fourth-order valence-corrected chi connectivity index (χ4v) is 2.53. The lowest BCUT2D eigenvalue weighted by Crippen LogP contribution is -2.39. The van der Waals surface area contributed by atoms with Crippen molar-refractivity contribution in [3.8, 4) is 0 Å². The van der Waals surface area contributed by atoms with Gasteiger partial charge in [-0.25, -0.2) is 0 Å². The van der Waals surface area contributed by atoms with Gasteiger partial charge in [-0.15, -0.1) is 0 Å². The average Bonchev–Trinajstić information content (AvgIpc) is 2.46. The number of nitrogens with zero attached hydrogens (tertiary/aromatic N) is 1. The second-order valence-corrected chi connectivity index (χ2v) is 5.81. The highest BCUT2D eigenvalue weighted by atomic mass is 35.5. The maximum Gasteiger partial charge on any atom is 0.224 e. The van der Waals surface area contributed by atoms with E-state index in [2.05, 4.69) is 10.3 Å². The highest BCUT2D eigenvalue weighted by Crippen LogP contribution is 2.26. The van der Waals surface area contributed by atoms with Crippen LogP contribution in [0.3, 0.4) is 0 Å². The molecule has 112 valence electrons. The molecule has 1 atom stereocenters. The fraction of sp³-hybridized carbons (Fsp3) is 0.375. The molecule has 0 saturated carbocycles. The summed E-state index contributed by atoms with van der Waals surface area (Å²) in [5.41, 5.74) is 7.59. The van der Waals surface area contributed by atoms with Gasteiger partial charge < -0.3 is 11.1 Å². The number of benzene rings is 1. The summed E-state index contributed by atoms with van der Waals surface area (Å²) in [4.78, 5) is 16.5. The van der Waals surface area contributed by atoms with Crippen LogP contribution in [0.25, 0.3) is 10.9 Å². The number of amides is 1. The Hall–Kier alpha value is -1.65. The highest BCUT2D eigenvalue weighted by Gasteiger charge is 2.19. The number of halogens is 1. The van der Waals surface area contributed by atoms with Gasteiger partial charge in [0, 0.05) is 29.2 Å². The molecule has 0 saturated heterocycles. The Morgan fingerprint density at radius 3 is 2.81 bits per heavy atom. The largest absolute Gasteiger partial charge is 0.354 e. The molecule has 0 aliphatic heterocycles. The number of carbonyl (C=O) groups excluding carboxylic acids is 1. The third-order valence-corrected chi connectivity index (χ3v) is 3.68. The Bertz CT molecular complexity index is 642. The van der Waals surface area contributed by atoms with Gasteiger partial charge in [0.2, 0.25) is 5.91 Å². The number of nitrogens with two attached hydrogens (primary N) is 1. The monoisotopic (exact) mass is 305 g/mol. The lowest BCUT2D eigenvalue weighted by Gasteiger charge is -2.17. The first-order valence-electron chi connectivity index (χ1n) is 7.05. The molecular formula is C16H20ClN3O. The van der Waals surface area contributed by atoms with Crippen LogP contribution in [0, 0.1) is 5.92 Å². The summed E-state index contributed by atoms with van der Waals surface area (Å²) < 4.78 is 0. The minimum atomic E-state index is -0.265. The normalized spacial score (nSPS) is 12.6. The van der Waals surface area contributed by atoms with Crippen molar-refractivity contribution in [3.63, 3.8) is 0 Å². The number of carbonyl (C=O) groups is 1. The van der Waals surface area contributed by atoms with Gasteiger partial charge in [0.25, 0.3) is 0 Å². The maximum absolute atomic E-state index is 12.2. The number of hydrogen-bond acceptors (Lipinski definition) is 3. The van der Waals surface area contributed by atoms with Crippen LogP contribution < -0.4 is 11.1 Å². The molecule has 2 rings (SSSR count). The molecule has 0 aliphatic rings. The summed E-state index contributed by atoms with van der Waals surface area (Å²) in [6.07, 6.45) is 2.29. The summed E-state index contributed by atoms with van der Waals surface area (Å²) in [5.74, 6) is -0.287. The number of hydrogen-bond donors (Lipinski definition) is 2. The van der Waals surface area contributed by atoms with Gasteiger partial charge in [0.05, 0.1) is 11.4 Å². The van der Waals surface area contributed by atoms with Crippen LogP contribution in [-0.4, -0.2) is 23.5 Å². The van der Waals surface area contributed by atoms with E-state index in [1.165, 1.54) is 0 Å². The summed E-state index contributed by atoms with van der Waals surface area (Å²) in [7, 11) is 0. The second kappa shape index (κ2) is 6.87. The van der Waals surface area contributed by atoms with E-state index in [0.29, 0.717) is 18.0 Å². The van der Waals surface area contributed by atoms with Gasteiger partial charge in [-0.1, -0.05) is 17.7 Å². The van der Waals surface area contributed by atoms with E-state index < -0.39 is 0 Å². The second-order valence-electron chi connectivity index (χ2n) is 5.41. The molecule has 0 spiro atoms. The van der Waals surface area contributed by atoms with Crippen LogP contribution in [0.5, 0.6) is 0 Å². The zero-order valence-electron chi connectivity index (χ0n) is 12.3. The van der Waals surface area contributed by atoms with Gasteiger partial charge in [0.15, 0.2) is 0 Å². The van der Waals surface area contributed by atoms with E-state index in [-0.39, 0.29) is 17.9 Å². The zero-order valence-corrected chi connectivity index (χ0v) is 13.0. The topological polar surface area (TPSA) is 68.0 Å². The number of aromatic nitrogens is 1. The van der Waals surface area contributed by atoms with Crippen LogP contribution in [0.15, 0.2) is 30.5 Å². The quantitative estimate of drug-likeness (QED) is 0.892. The average molecular weight is 306 g/mol. The molecule has 0 radical (unpaired) electrons. The number of pyridine rings is 1. The Labute approximate surface area is 129 Å². The molecular weight excluding hydrogens is 286 g/mol. The van der Waals surface area contributed by atoms with Crippen molar-refractivity contribution in [1.29, 1.82) is 0 Å². The number of nitrogens with one attached hydrogen (secondary N) is 1. The summed E-state index contributed by atoms with van der Waals surface area (Å²) in [6, 6.07) is 7.65. The fourth-order valence-electron chi connectivity index (χ4n) is 2.31. The van der Waals surface area contributed by atoms with Crippen molar-refractivity contribution in [1.82, 2.24) is 10.3 Å². The molecule has 0 bridgehead atoms. The molecule has 1 aromatic heterocycles. The number of rotatable bonds is 5. The van der Waals surface area contributed by atoms with E-state index in [9.17, 15) is 4.79 Å². The van der Waals surface area contributed by atoms with Crippen LogP contribution in [0.2, 0.25) is 5.02 Å². The highest BCUT2D eigenvalue weighted by molar-refractivity contribution is 6.35. The molecule has 2 aromatic rings. The number of fused-ring (bicyclic) bond motifs is 1. The molecule has 3 N–H and O–H groups in total. The summed E-state index contributed by atoms with van der Waals surface area (Å²) >= 11 is 6.19. The first kappa shape index (κ1) is 15.7. The molecule has 1 unspecified atom stereocenters. The van der Waals surface area contributed by atoms with Crippen LogP contribution in [0.4, 0.5) is 0 Å². The summed E-state index contributed by atoms with van der Waals surface area (Å²) in [6.45, 7) is 4.17. The third-order valence-electron chi connectivity index (χ3n) is 3.35. The molecule has 21 heavy (non-hydrogen) atoms. The Morgan fingerprint density at radius 2 is 2.14 bits per heavy atom. The predicted molar refractivity (Wildman–Crippen MR) is 86.3 cm³/mol. The van der Waals surface area contributed by atoms with E-state index in [4.69, 9.17) is 17.3 Å². The standard InChI is InChI=1S/C16H20ClN3O/c1-10(2)20-16(21)12(9-18)8-11-5-6-14(17)13-4-3-7-19-15(11)13/h3-7,10,12H,8-9,18H2,1-2H3,(H,20,21). The van der Waals surface area contributed by atoms with Gasteiger partial charge in [-0.05, 0) is 44.0 Å². The predicted octanol–water partition coefficient (Wildman–Crippen LogP) is 2.53. The minimum absolute atomic E-state index is 0.0217. The van der Waals surface area contributed by atoms with Gasteiger partial charge in [-0.3, -0.25) is 9.78 Å². The van der Waals surface area contributed by atoms with E-state index >= 15 is 0 Å². The first-order valence-corrected chi connectivity index (χ1v) is 7.43. The molecule has 1 amide bonds. The smallest absolute Gasteiger partial charge is 0.224 e. The van der Waals surface area contributed by atoms with Crippen LogP contribution >= 0.6 is 11.6 Å². The van der Waals surface area contributed by atoms with Crippen LogP contribution in [0.1, 0.15) is 19.4 Å². The molecule has 5 heteroatoms. The molecule has 0 aliphatic carbocycles. The molecule has 1 heterocycles. The molecule has 1 aromatic carbocycles. The van der Waals surface area contributed by atoms with Crippen molar-refractivity contribution < 1.29 is 4.79 Å². The Kier molecular flexibility index (Phi) is 5.15. The first-order chi connectivity index (χ1) is 10.0. The van der Waals surface area contributed by atoms with Gasteiger partial charge in [0.1, 0.15) is 0 Å². The van der Waals surface area contributed by atoms with Crippen molar-refractivity contribution in [2.45, 2.75) is 26.3 Å².